The zero-order chi connectivity index (χ0) is 13.4. The number of hydrogen-bond donors (Lipinski definition) is 0. The molecule has 0 aliphatic carbocycles. The maximum atomic E-state index is 11.3. The van der Waals surface area contributed by atoms with Crippen LogP contribution in [0.2, 0.25) is 0 Å². The van der Waals surface area contributed by atoms with Crippen LogP contribution < -0.4 is 0 Å². The molecular weight excluding hydrogens is 266 g/mol. The van der Waals surface area contributed by atoms with Crippen LogP contribution in [0.15, 0.2) is 30.0 Å². The average Bonchev–Trinajstić information content (AvgIpc) is 3.05. The van der Waals surface area contributed by atoms with Gasteiger partial charge in [-0.05, 0) is 12.1 Å². The minimum absolute atomic E-state index is 0.0951. The Labute approximate surface area is 110 Å². The highest BCUT2D eigenvalue weighted by Gasteiger charge is 2.23. The van der Waals surface area contributed by atoms with Crippen molar-refractivity contribution < 1.29 is 4.92 Å². The van der Waals surface area contributed by atoms with E-state index in [1.165, 1.54) is 28.3 Å². The van der Waals surface area contributed by atoms with Crippen LogP contribution in [-0.2, 0) is 0 Å². The third-order valence-electron chi connectivity index (χ3n) is 2.64. The van der Waals surface area contributed by atoms with Gasteiger partial charge in [0.2, 0.25) is 5.82 Å². The van der Waals surface area contributed by atoms with Gasteiger partial charge in [0, 0.05) is 12.4 Å². The highest BCUT2D eigenvalue weighted by molar-refractivity contribution is 7.16. The van der Waals surface area contributed by atoms with Crippen molar-refractivity contribution in [3.05, 3.63) is 46.0 Å². The van der Waals surface area contributed by atoms with E-state index in [0.717, 1.165) is 4.70 Å². The van der Waals surface area contributed by atoms with Crippen LogP contribution in [0.25, 0.3) is 15.9 Å². The van der Waals surface area contributed by atoms with Gasteiger partial charge in [-0.25, -0.2) is 9.97 Å². The Balaban J connectivity index is 2.38. The Morgan fingerprint density at radius 3 is 3.00 bits per heavy atom. The van der Waals surface area contributed by atoms with Gasteiger partial charge in [0.05, 0.1) is 15.1 Å². The first-order valence-corrected chi connectivity index (χ1v) is 6.04. The first kappa shape index (κ1) is 11.3. The fraction of sp³-hybridized carbons (Fsp3) is 0. The SMILES string of the molecule is N#Cc1nccn1-c1ccc2scnc2c1[N+](=O)[O-]. The Kier molecular flexibility index (Phi) is 2.47. The summed E-state index contributed by atoms with van der Waals surface area (Å²) in [6, 6.07) is 5.24. The average molecular weight is 271 g/mol. The van der Waals surface area contributed by atoms with Crippen molar-refractivity contribution >= 4 is 27.2 Å². The van der Waals surface area contributed by atoms with Gasteiger partial charge in [0.1, 0.15) is 11.8 Å². The number of nitrogens with zero attached hydrogens (tertiary/aromatic N) is 5. The molecule has 0 bridgehead atoms. The predicted octanol–water partition coefficient (Wildman–Crippen LogP) is 2.26. The molecule has 0 N–H and O–H groups in total. The van der Waals surface area contributed by atoms with E-state index in [4.69, 9.17) is 5.26 Å². The van der Waals surface area contributed by atoms with E-state index in [1.807, 2.05) is 6.07 Å². The lowest BCUT2D eigenvalue weighted by Gasteiger charge is -2.04. The van der Waals surface area contributed by atoms with Gasteiger partial charge in [-0.1, -0.05) is 0 Å². The summed E-state index contributed by atoms with van der Waals surface area (Å²) in [7, 11) is 0. The molecule has 2 aromatic heterocycles. The normalized spacial score (nSPS) is 10.5. The molecule has 0 aliphatic rings. The number of aromatic nitrogens is 3. The number of nitro benzene ring substituents is 1. The topological polar surface area (TPSA) is 97.6 Å². The Morgan fingerprint density at radius 2 is 2.26 bits per heavy atom. The summed E-state index contributed by atoms with van der Waals surface area (Å²) in [6.07, 6.45) is 2.94. The summed E-state index contributed by atoms with van der Waals surface area (Å²) < 4.78 is 2.12. The maximum absolute atomic E-state index is 11.3. The van der Waals surface area contributed by atoms with Crippen LogP contribution in [0.3, 0.4) is 0 Å². The van der Waals surface area contributed by atoms with E-state index in [-0.39, 0.29) is 17.2 Å². The summed E-state index contributed by atoms with van der Waals surface area (Å²) in [5, 5.41) is 20.2. The molecule has 7 nitrogen and oxygen atoms in total. The van der Waals surface area contributed by atoms with Crippen LogP contribution >= 0.6 is 11.3 Å². The molecule has 0 unspecified atom stereocenters. The zero-order valence-electron chi connectivity index (χ0n) is 9.35. The molecule has 92 valence electrons. The summed E-state index contributed by atoms with van der Waals surface area (Å²) in [4.78, 5) is 18.7. The van der Waals surface area contributed by atoms with Gasteiger partial charge in [-0.15, -0.1) is 11.3 Å². The van der Waals surface area contributed by atoms with Crippen LogP contribution in [0, 0.1) is 21.4 Å². The Hall–Kier alpha value is -2.79. The summed E-state index contributed by atoms with van der Waals surface area (Å²) in [5.41, 5.74) is 2.05. The summed E-state index contributed by atoms with van der Waals surface area (Å²) in [5.74, 6) is 0.0951. The Bertz CT molecular complexity index is 829. The third kappa shape index (κ3) is 1.64. The van der Waals surface area contributed by atoms with E-state index in [0.29, 0.717) is 5.52 Å². The van der Waals surface area contributed by atoms with Gasteiger partial charge >= 0.3 is 5.69 Å². The van der Waals surface area contributed by atoms with E-state index < -0.39 is 4.92 Å². The number of nitro groups is 1. The number of benzene rings is 1. The first-order chi connectivity index (χ1) is 9.22. The second-order valence-corrected chi connectivity index (χ2v) is 4.51. The van der Waals surface area contributed by atoms with E-state index in [9.17, 15) is 10.1 Å². The number of rotatable bonds is 2. The second-order valence-electron chi connectivity index (χ2n) is 3.62. The monoisotopic (exact) mass is 271 g/mol. The minimum atomic E-state index is -0.488. The van der Waals surface area contributed by atoms with Crippen molar-refractivity contribution in [3.63, 3.8) is 0 Å². The predicted molar refractivity (Wildman–Crippen MR) is 68.1 cm³/mol. The van der Waals surface area contributed by atoms with Crippen molar-refractivity contribution in [2.45, 2.75) is 0 Å². The molecule has 0 amide bonds. The zero-order valence-corrected chi connectivity index (χ0v) is 10.2. The highest BCUT2D eigenvalue weighted by atomic mass is 32.1. The van der Waals surface area contributed by atoms with E-state index in [1.54, 1.807) is 17.6 Å². The fourth-order valence-corrected chi connectivity index (χ4v) is 2.54. The van der Waals surface area contributed by atoms with Crippen molar-refractivity contribution in [2.24, 2.45) is 0 Å². The van der Waals surface area contributed by atoms with Gasteiger partial charge in [-0.3, -0.25) is 14.7 Å². The van der Waals surface area contributed by atoms with Gasteiger partial charge in [-0.2, -0.15) is 5.26 Å². The molecule has 3 rings (SSSR count). The van der Waals surface area contributed by atoms with Crippen molar-refractivity contribution in [1.29, 1.82) is 5.26 Å². The first-order valence-electron chi connectivity index (χ1n) is 5.17. The molecule has 0 aliphatic heterocycles. The second kappa shape index (κ2) is 4.15. The molecule has 0 radical (unpaired) electrons. The molecule has 19 heavy (non-hydrogen) atoms. The fourth-order valence-electron chi connectivity index (χ4n) is 1.86. The molecule has 0 atom stereocenters. The Morgan fingerprint density at radius 1 is 1.42 bits per heavy atom. The van der Waals surface area contributed by atoms with Crippen LogP contribution in [-0.4, -0.2) is 19.5 Å². The number of nitriles is 1. The smallest absolute Gasteiger partial charge is 0.285 e. The molecule has 0 saturated heterocycles. The lowest BCUT2D eigenvalue weighted by atomic mass is 10.2. The maximum Gasteiger partial charge on any atom is 0.320 e. The molecule has 3 aromatic rings. The van der Waals surface area contributed by atoms with Crippen molar-refractivity contribution in [3.8, 4) is 11.8 Å². The third-order valence-corrected chi connectivity index (χ3v) is 3.43. The minimum Gasteiger partial charge on any atom is -0.285 e. The standard InChI is InChI=1S/C11H5N5O2S/c12-5-9-13-3-4-15(9)7-1-2-8-10(14-6-19-8)11(7)16(17)18/h1-4,6H. The van der Waals surface area contributed by atoms with Crippen LogP contribution in [0.5, 0.6) is 0 Å². The molecular formula is C11H5N5O2S. The molecule has 0 fully saturated rings. The van der Waals surface area contributed by atoms with Crippen LogP contribution in [0.4, 0.5) is 5.69 Å². The molecule has 0 spiro atoms. The van der Waals surface area contributed by atoms with Gasteiger partial charge < -0.3 is 0 Å². The molecule has 0 saturated carbocycles. The molecule has 1 aromatic carbocycles. The quantitative estimate of drug-likeness (QED) is 0.526. The number of imidazole rings is 1. The number of fused-ring (bicyclic) bond motifs is 1. The van der Waals surface area contributed by atoms with E-state index >= 15 is 0 Å². The molecule has 2 heterocycles. The van der Waals surface area contributed by atoms with Crippen molar-refractivity contribution in [1.82, 2.24) is 14.5 Å². The van der Waals surface area contributed by atoms with Gasteiger partial charge in [0.15, 0.2) is 5.52 Å². The number of hydrogen-bond acceptors (Lipinski definition) is 6. The lowest BCUT2D eigenvalue weighted by molar-refractivity contribution is -0.382. The summed E-state index contributed by atoms with van der Waals surface area (Å²) in [6.45, 7) is 0. The van der Waals surface area contributed by atoms with Crippen molar-refractivity contribution in [2.75, 3.05) is 0 Å². The largest absolute Gasteiger partial charge is 0.320 e. The highest BCUT2D eigenvalue weighted by Crippen LogP contribution is 2.33. The molecule has 8 heteroatoms. The number of thiazole rings is 1. The summed E-state index contributed by atoms with van der Waals surface area (Å²) >= 11 is 1.33. The van der Waals surface area contributed by atoms with Crippen LogP contribution in [0.1, 0.15) is 5.82 Å². The lowest BCUT2D eigenvalue weighted by Crippen LogP contribution is -2.02. The van der Waals surface area contributed by atoms with E-state index in [2.05, 4.69) is 9.97 Å². The van der Waals surface area contributed by atoms with Gasteiger partial charge in [0.25, 0.3) is 0 Å².